The molecule has 0 amide bonds. The van der Waals surface area contributed by atoms with Crippen molar-refractivity contribution in [3.8, 4) is 0 Å². The summed E-state index contributed by atoms with van der Waals surface area (Å²) in [6, 6.07) is 8.62. The molecule has 0 bridgehead atoms. The standard InChI is InChI=1S/C17H27Cl/c1-3-4-5-6-7-8-9-10-17(18)16-13-11-15(2)12-14-16/h11-14,17H,3-10H2,1-2H3. The average Bonchev–Trinajstić information content (AvgIpc) is 2.38. The summed E-state index contributed by atoms with van der Waals surface area (Å²) in [4.78, 5) is 0. The molecule has 0 aromatic heterocycles. The third-order valence-corrected chi connectivity index (χ3v) is 3.97. The molecule has 1 unspecified atom stereocenters. The lowest BCUT2D eigenvalue weighted by atomic mass is 10.0. The number of aryl methyl sites for hydroxylation is 1. The molecular weight excluding hydrogens is 240 g/mol. The molecule has 1 aromatic rings. The molecule has 0 aliphatic rings. The average molecular weight is 267 g/mol. The summed E-state index contributed by atoms with van der Waals surface area (Å²) in [7, 11) is 0. The summed E-state index contributed by atoms with van der Waals surface area (Å²) >= 11 is 6.42. The van der Waals surface area contributed by atoms with Crippen LogP contribution in [0.15, 0.2) is 24.3 Å². The summed E-state index contributed by atoms with van der Waals surface area (Å²) in [6.45, 7) is 4.38. The highest BCUT2D eigenvalue weighted by molar-refractivity contribution is 6.20. The van der Waals surface area contributed by atoms with Gasteiger partial charge in [0.15, 0.2) is 0 Å². The fourth-order valence-electron chi connectivity index (χ4n) is 2.22. The molecule has 0 aliphatic heterocycles. The Balaban J connectivity index is 2.10. The summed E-state index contributed by atoms with van der Waals surface area (Å²) in [5.74, 6) is 0. The van der Waals surface area contributed by atoms with Crippen molar-refractivity contribution in [3.63, 3.8) is 0 Å². The van der Waals surface area contributed by atoms with Crippen molar-refractivity contribution in [1.82, 2.24) is 0 Å². The molecule has 1 rings (SSSR count). The lowest BCUT2D eigenvalue weighted by Gasteiger charge is -2.10. The van der Waals surface area contributed by atoms with Crippen molar-refractivity contribution in [3.05, 3.63) is 35.4 Å². The van der Waals surface area contributed by atoms with E-state index in [9.17, 15) is 0 Å². The van der Waals surface area contributed by atoms with Crippen LogP contribution in [0.1, 0.15) is 74.8 Å². The molecule has 0 spiro atoms. The number of rotatable bonds is 9. The van der Waals surface area contributed by atoms with Crippen LogP contribution < -0.4 is 0 Å². The molecule has 1 aromatic carbocycles. The first-order chi connectivity index (χ1) is 8.74. The van der Waals surface area contributed by atoms with Crippen LogP contribution in [0.4, 0.5) is 0 Å². The topological polar surface area (TPSA) is 0 Å². The van der Waals surface area contributed by atoms with Gasteiger partial charge in [0.1, 0.15) is 0 Å². The Kier molecular flexibility index (Phi) is 8.17. The van der Waals surface area contributed by atoms with Gasteiger partial charge in [0.2, 0.25) is 0 Å². The first kappa shape index (κ1) is 15.6. The number of alkyl halides is 1. The maximum absolute atomic E-state index is 6.42. The van der Waals surface area contributed by atoms with Crippen LogP contribution in [-0.4, -0.2) is 0 Å². The van der Waals surface area contributed by atoms with Gasteiger partial charge in [-0.15, -0.1) is 11.6 Å². The van der Waals surface area contributed by atoms with E-state index >= 15 is 0 Å². The van der Waals surface area contributed by atoms with E-state index in [0.29, 0.717) is 0 Å². The van der Waals surface area contributed by atoms with Gasteiger partial charge >= 0.3 is 0 Å². The van der Waals surface area contributed by atoms with Crippen LogP contribution in [0, 0.1) is 6.92 Å². The minimum Gasteiger partial charge on any atom is -0.118 e. The van der Waals surface area contributed by atoms with E-state index in [1.165, 1.54) is 56.1 Å². The van der Waals surface area contributed by atoms with Crippen LogP contribution in [0.3, 0.4) is 0 Å². The van der Waals surface area contributed by atoms with Gasteiger partial charge in [0, 0.05) is 0 Å². The molecular formula is C17H27Cl. The molecule has 0 nitrogen and oxygen atoms in total. The maximum atomic E-state index is 6.42. The quantitative estimate of drug-likeness (QED) is 0.358. The van der Waals surface area contributed by atoms with E-state index in [4.69, 9.17) is 11.6 Å². The zero-order chi connectivity index (χ0) is 13.2. The van der Waals surface area contributed by atoms with E-state index in [0.717, 1.165) is 6.42 Å². The van der Waals surface area contributed by atoms with Crippen LogP contribution in [0.25, 0.3) is 0 Å². The van der Waals surface area contributed by atoms with E-state index in [1.807, 2.05) is 0 Å². The number of benzene rings is 1. The summed E-state index contributed by atoms with van der Waals surface area (Å²) in [6.07, 6.45) is 10.6. The lowest BCUT2D eigenvalue weighted by molar-refractivity contribution is 0.572. The van der Waals surface area contributed by atoms with E-state index < -0.39 is 0 Å². The van der Waals surface area contributed by atoms with Gasteiger partial charge in [-0.05, 0) is 18.9 Å². The van der Waals surface area contributed by atoms with Crippen LogP contribution in [-0.2, 0) is 0 Å². The van der Waals surface area contributed by atoms with Gasteiger partial charge in [0.05, 0.1) is 5.38 Å². The number of hydrogen-bond donors (Lipinski definition) is 0. The molecule has 1 atom stereocenters. The molecule has 0 fully saturated rings. The van der Waals surface area contributed by atoms with Crippen molar-refractivity contribution in [2.24, 2.45) is 0 Å². The van der Waals surface area contributed by atoms with Crippen molar-refractivity contribution in [2.75, 3.05) is 0 Å². The normalized spacial score (nSPS) is 12.6. The molecule has 0 radical (unpaired) electrons. The smallest absolute Gasteiger partial charge is 0.0585 e. The van der Waals surface area contributed by atoms with E-state index in [1.54, 1.807) is 0 Å². The SMILES string of the molecule is CCCCCCCCCC(Cl)c1ccc(C)cc1. The van der Waals surface area contributed by atoms with Crippen LogP contribution in [0.2, 0.25) is 0 Å². The minimum atomic E-state index is 0.196. The Labute approximate surface area is 118 Å². The summed E-state index contributed by atoms with van der Waals surface area (Å²) in [5.41, 5.74) is 2.58. The van der Waals surface area contributed by atoms with Crippen molar-refractivity contribution >= 4 is 11.6 Å². The molecule has 0 heterocycles. The summed E-state index contributed by atoms with van der Waals surface area (Å²) < 4.78 is 0. The number of halogens is 1. The summed E-state index contributed by atoms with van der Waals surface area (Å²) in [5, 5.41) is 0.196. The monoisotopic (exact) mass is 266 g/mol. The zero-order valence-electron chi connectivity index (χ0n) is 11.9. The molecule has 18 heavy (non-hydrogen) atoms. The minimum absolute atomic E-state index is 0.196. The molecule has 0 saturated carbocycles. The maximum Gasteiger partial charge on any atom is 0.0585 e. The van der Waals surface area contributed by atoms with Gasteiger partial charge in [-0.2, -0.15) is 0 Å². The largest absolute Gasteiger partial charge is 0.118 e. The Bertz CT molecular complexity index is 302. The van der Waals surface area contributed by atoms with Gasteiger partial charge in [-0.3, -0.25) is 0 Å². The van der Waals surface area contributed by atoms with Crippen LogP contribution in [0.5, 0.6) is 0 Å². The lowest BCUT2D eigenvalue weighted by Crippen LogP contribution is -1.91. The Hall–Kier alpha value is -0.490. The van der Waals surface area contributed by atoms with Gasteiger partial charge in [-0.25, -0.2) is 0 Å². The molecule has 0 N–H and O–H groups in total. The number of unbranched alkanes of at least 4 members (excludes halogenated alkanes) is 6. The van der Waals surface area contributed by atoms with Crippen molar-refractivity contribution < 1.29 is 0 Å². The predicted octanol–water partition coefficient (Wildman–Crippen LogP) is 6.42. The highest BCUT2D eigenvalue weighted by Gasteiger charge is 2.06. The van der Waals surface area contributed by atoms with Crippen molar-refractivity contribution in [2.45, 2.75) is 70.6 Å². The van der Waals surface area contributed by atoms with Crippen molar-refractivity contribution in [1.29, 1.82) is 0 Å². The van der Waals surface area contributed by atoms with Gasteiger partial charge in [0.25, 0.3) is 0 Å². The fourth-order valence-corrected chi connectivity index (χ4v) is 2.52. The first-order valence-electron chi connectivity index (χ1n) is 7.44. The molecule has 0 aliphatic carbocycles. The van der Waals surface area contributed by atoms with Gasteiger partial charge < -0.3 is 0 Å². The highest BCUT2D eigenvalue weighted by atomic mass is 35.5. The van der Waals surface area contributed by atoms with Crippen LogP contribution >= 0.6 is 11.6 Å². The first-order valence-corrected chi connectivity index (χ1v) is 7.88. The van der Waals surface area contributed by atoms with E-state index in [2.05, 4.69) is 38.1 Å². The third-order valence-electron chi connectivity index (χ3n) is 3.50. The fraction of sp³-hybridized carbons (Fsp3) is 0.647. The van der Waals surface area contributed by atoms with E-state index in [-0.39, 0.29) is 5.38 Å². The second-order valence-corrected chi connectivity index (χ2v) is 5.82. The zero-order valence-corrected chi connectivity index (χ0v) is 12.7. The number of hydrogen-bond acceptors (Lipinski definition) is 0. The Morgan fingerprint density at radius 3 is 2.06 bits per heavy atom. The third kappa shape index (κ3) is 6.44. The second kappa shape index (κ2) is 9.44. The highest BCUT2D eigenvalue weighted by Crippen LogP contribution is 2.26. The Morgan fingerprint density at radius 1 is 0.889 bits per heavy atom. The molecule has 102 valence electrons. The second-order valence-electron chi connectivity index (χ2n) is 5.29. The molecule has 0 saturated heterocycles. The molecule has 1 heteroatoms. The Morgan fingerprint density at radius 2 is 1.44 bits per heavy atom. The predicted molar refractivity (Wildman–Crippen MR) is 82.4 cm³/mol. The van der Waals surface area contributed by atoms with Gasteiger partial charge in [-0.1, -0.05) is 81.7 Å².